The summed E-state index contributed by atoms with van der Waals surface area (Å²) < 4.78 is 87.0. The van der Waals surface area contributed by atoms with E-state index in [0.29, 0.717) is 17.9 Å². The van der Waals surface area contributed by atoms with Crippen LogP contribution in [0.3, 0.4) is 0 Å². The summed E-state index contributed by atoms with van der Waals surface area (Å²) in [7, 11) is 0. The number of hydrogen-bond donors (Lipinski definition) is 0. The lowest BCUT2D eigenvalue weighted by molar-refractivity contribution is -0.143. The molecule has 0 radical (unpaired) electrons. The molecule has 27 heavy (non-hydrogen) atoms. The first-order valence-electron chi connectivity index (χ1n) is 7.40. The molecular formula is C17H10F6N2OS. The van der Waals surface area contributed by atoms with Crippen molar-refractivity contribution >= 4 is 11.5 Å². The fraction of sp³-hybridized carbons (Fsp3) is 0.176. The molecular weight excluding hydrogens is 394 g/mol. The molecule has 0 N–H and O–H groups in total. The van der Waals surface area contributed by atoms with Crippen molar-refractivity contribution in [2.75, 3.05) is 0 Å². The summed E-state index contributed by atoms with van der Waals surface area (Å²) in [6, 6.07) is 8.11. The first-order chi connectivity index (χ1) is 12.5. The molecule has 0 amide bonds. The van der Waals surface area contributed by atoms with E-state index in [4.69, 9.17) is 4.74 Å². The smallest absolute Gasteiger partial charge is 0.416 e. The number of alkyl halides is 6. The highest BCUT2D eigenvalue weighted by atomic mass is 32.1. The Labute approximate surface area is 153 Å². The van der Waals surface area contributed by atoms with E-state index in [9.17, 15) is 26.3 Å². The Morgan fingerprint density at radius 2 is 1.52 bits per heavy atom. The third kappa shape index (κ3) is 4.57. The second-order valence-corrected chi connectivity index (χ2v) is 6.31. The highest BCUT2D eigenvalue weighted by Crippen LogP contribution is 2.38. The van der Waals surface area contributed by atoms with Crippen molar-refractivity contribution in [3.63, 3.8) is 0 Å². The van der Waals surface area contributed by atoms with Crippen LogP contribution in [0.15, 0.2) is 42.5 Å². The van der Waals surface area contributed by atoms with Crippen LogP contribution < -0.4 is 4.74 Å². The lowest BCUT2D eigenvalue weighted by Crippen LogP contribution is -2.11. The van der Waals surface area contributed by atoms with Crippen LogP contribution in [0.25, 0.3) is 11.4 Å². The zero-order valence-electron chi connectivity index (χ0n) is 13.5. The molecule has 3 nitrogen and oxygen atoms in total. The number of rotatable bonds is 3. The van der Waals surface area contributed by atoms with Gasteiger partial charge in [-0.15, -0.1) is 0 Å². The fourth-order valence-corrected chi connectivity index (χ4v) is 2.80. The summed E-state index contributed by atoms with van der Waals surface area (Å²) in [6.07, 6.45) is -9.88. The molecule has 10 heteroatoms. The van der Waals surface area contributed by atoms with Crippen LogP contribution in [0.1, 0.15) is 16.7 Å². The van der Waals surface area contributed by atoms with Crippen molar-refractivity contribution in [1.82, 2.24) is 9.36 Å². The number of benzene rings is 2. The molecule has 3 aromatic rings. The van der Waals surface area contributed by atoms with Gasteiger partial charge in [0.1, 0.15) is 5.75 Å². The van der Waals surface area contributed by atoms with Crippen molar-refractivity contribution in [3.8, 4) is 22.3 Å². The maximum Gasteiger partial charge on any atom is 0.416 e. The summed E-state index contributed by atoms with van der Waals surface area (Å²) in [4.78, 5) is 3.90. The van der Waals surface area contributed by atoms with Gasteiger partial charge in [0.15, 0.2) is 5.82 Å². The normalized spacial score (nSPS) is 12.3. The molecule has 0 atom stereocenters. The molecule has 0 saturated carbocycles. The molecule has 0 saturated heterocycles. The molecule has 142 valence electrons. The van der Waals surface area contributed by atoms with E-state index in [-0.39, 0.29) is 17.1 Å². The average Bonchev–Trinajstić information content (AvgIpc) is 3.01. The highest BCUT2D eigenvalue weighted by Gasteiger charge is 2.37. The Hall–Kier alpha value is -2.62. The number of hydrogen-bond acceptors (Lipinski definition) is 4. The molecule has 0 aliphatic heterocycles. The van der Waals surface area contributed by atoms with E-state index >= 15 is 0 Å². The molecule has 0 aliphatic carbocycles. The minimum absolute atomic E-state index is 0.00145. The molecule has 2 aromatic carbocycles. The molecule has 0 aliphatic rings. The van der Waals surface area contributed by atoms with Gasteiger partial charge in [0.2, 0.25) is 0 Å². The third-order valence-corrected chi connectivity index (χ3v) is 4.04. The van der Waals surface area contributed by atoms with Crippen LogP contribution in [0.4, 0.5) is 26.3 Å². The van der Waals surface area contributed by atoms with Crippen molar-refractivity contribution in [1.29, 1.82) is 0 Å². The van der Waals surface area contributed by atoms with Gasteiger partial charge in [-0.25, -0.2) is 0 Å². The second-order valence-electron chi connectivity index (χ2n) is 5.60. The molecule has 3 rings (SSSR count). The maximum atomic E-state index is 13.0. The molecule has 1 heterocycles. The maximum absolute atomic E-state index is 13.0. The predicted molar refractivity (Wildman–Crippen MR) is 86.6 cm³/mol. The quantitative estimate of drug-likeness (QED) is 0.478. The van der Waals surface area contributed by atoms with Crippen LogP contribution in [-0.2, 0) is 12.4 Å². The van der Waals surface area contributed by atoms with Crippen molar-refractivity contribution < 1.29 is 31.1 Å². The van der Waals surface area contributed by atoms with Crippen LogP contribution >= 0.6 is 11.5 Å². The number of halogens is 6. The van der Waals surface area contributed by atoms with Crippen molar-refractivity contribution in [3.05, 3.63) is 59.2 Å². The minimum Gasteiger partial charge on any atom is -0.430 e. The lowest BCUT2D eigenvalue weighted by Gasteiger charge is -2.13. The number of aryl methyl sites for hydroxylation is 1. The summed E-state index contributed by atoms with van der Waals surface area (Å²) in [5, 5.41) is 0.00145. The summed E-state index contributed by atoms with van der Waals surface area (Å²) in [6.45, 7) is 1.83. The second kappa shape index (κ2) is 6.84. The van der Waals surface area contributed by atoms with Gasteiger partial charge in [0.05, 0.1) is 11.1 Å². The van der Waals surface area contributed by atoms with Gasteiger partial charge < -0.3 is 4.74 Å². The van der Waals surface area contributed by atoms with E-state index in [1.165, 1.54) is 0 Å². The Morgan fingerprint density at radius 1 is 0.889 bits per heavy atom. The third-order valence-electron chi connectivity index (χ3n) is 3.45. The average molecular weight is 404 g/mol. The zero-order chi connectivity index (χ0) is 19.8. The SMILES string of the molecule is Cc1cccc(Oc2nc(-c3cc(C(F)(F)F)cc(C(F)(F)F)c3)ns2)c1. The van der Waals surface area contributed by atoms with E-state index in [1.807, 2.05) is 13.0 Å². The van der Waals surface area contributed by atoms with Gasteiger partial charge in [-0.2, -0.15) is 35.7 Å². The Kier molecular flexibility index (Phi) is 4.85. The van der Waals surface area contributed by atoms with Gasteiger partial charge in [-0.3, -0.25) is 0 Å². The van der Waals surface area contributed by atoms with Gasteiger partial charge in [-0.05, 0) is 42.8 Å². The van der Waals surface area contributed by atoms with Gasteiger partial charge in [0.25, 0.3) is 5.19 Å². The molecule has 0 unspecified atom stereocenters. The monoisotopic (exact) mass is 404 g/mol. The molecule has 1 aromatic heterocycles. The van der Waals surface area contributed by atoms with Gasteiger partial charge >= 0.3 is 12.4 Å². The molecule has 0 bridgehead atoms. The van der Waals surface area contributed by atoms with E-state index in [2.05, 4.69) is 9.36 Å². The highest BCUT2D eigenvalue weighted by molar-refractivity contribution is 7.07. The van der Waals surface area contributed by atoms with Crippen LogP contribution in [0.5, 0.6) is 10.9 Å². The fourth-order valence-electron chi connectivity index (χ4n) is 2.23. The molecule has 0 fully saturated rings. The van der Waals surface area contributed by atoms with E-state index < -0.39 is 29.0 Å². The predicted octanol–water partition coefficient (Wildman–Crippen LogP) is 6.34. The van der Waals surface area contributed by atoms with Crippen molar-refractivity contribution in [2.24, 2.45) is 0 Å². The zero-order valence-corrected chi connectivity index (χ0v) is 14.3. The van der Waals surface area contributed by atoms with Crippen LogP contribution in [0, 0.1) is 6.92 Å². The Bertz CT molecular complexity index is 932. The largest absolute Gasteiger partial charge is 0.430 e. The first kappa shape index (κ1) is 19.2. The van der Waals surface area contributed by atoms with E-state index in [0.717, 1.165) is 17.1 Å². The first-order valence-corrected chi connectivity index (χ1v) is 8.18. The van der Waals surface area contributed by atoms with Crippen LogP contribution in [-0.4, -0.2) is 9.36 Å². The molecule has 0 spiro atoms. The van der Waals surface area contributed by atoms with Crippen LogP contribution in [0.2, 0.25) is 0 Å². The van der Waals surface area contributed by atoms with E-state index in [1.54, 1.807) is 18.2 Å². The summed E-state index contributed by atoms with van der Waals surface area (Å²) >= 11 is 0.726. The standard InChI is InChI=1S/C17H10F6N2OS/c1-9-3-2-4-13(5-9)26-15-24-14(25-27-15)10-6-11(16(18,19)20)8-12(7-10)17(21,22)23/h2-8H,1H3. The summed E-state index contributed by atoms with van der Waals surface area (Å²) in [5.74, 6) is 0.150. The number of nitrogens with zero attached hydrogens (tertiary/aromatic N) is 2. The van der Waals surface area contributed by atoms with Gasteiger partial charge in [0, 0.05) is 17.1 Å². The topological polar surface area (TPSA) is 35.0 Å². The van der Waals surface area contributed by atoms with Crippen molar-refractivity contribution in [2.45, 2.75) is 19.3 Å². The number of ether oxygens (including phenoxy) is 1. The lowest BCUT2D eigenvalue weighted by atomic mass is 10.0. The number of aromatic nitrogens is 2. The van der Waals surface area contributed by atoms with Gasteiger partial charge in [-0.1, -0.05) is 12.1 Å². The minimum atomic E-state index is -4.94. The Morgan fingerprint density at radius 3 is 2.07 bits per heavy atom. The summed E-state index contributed by atoms with van der Waals surface area (Å²) in [5.41, 5.74) is -2.34. The Balaban J connectivity index is 1.98.